The molecular formula is C15H19N3O. The minimum Gasteiger partial charge on any atom is -0.396 e. The smallest absolute Gasteiger partial charge is 0.0905 e. The standard InChI is InChI=1S/C15H19N3O/c19-10-5-12-3-8-18(9-4-12)15-2-7-17-14-11-16-6-1-13(14)15/h1-2,6-7,11-12,19H,3-5,8-10H2. The Morgan fingerprint density at radius 2 is 2.05 bits per heavy atom. The summed E-state index contributed by atoms with van der Waals surface area (Å²) in [7, 11) is 0. The Morgan fingerprint density at radius 1 is 1.21 bits per heavy atom. The fraction of sp³-hybridized carbons (Fsp3) is 0.467. The monoisotopic (exact) mass is 257 g/mol. The molecule has 4 nitrogen and oxygen atoms in total. The summed E-state index contributed by atoms with van der Waals surface area (Å²) in [5.74, 6) is 0.677. The lowest BCUT2D eigenvalue weighted by Crippen LogP contribution is -2.34. The highest BCUT2D eigenvalue weighted by atomic mass is 16.3. The molecule has 1 aliphatic rings. The van der Waals surface area contributed by atoms with Crippen LogP contribution in [0.5, 0.6) is 0 Å². The van der Waals surface area contributed by atoms with Crippen molar-refractivity contribution in [3.05, 3.63) is 30.7 Å². The molecule has 1 N–H and O–H groups in total. The third-order valence-electron chi connectivity index (χ3n) is 4.01. The molecule has 0 saturated carbocycles. The molecular weight excluding hydrogens is 238 g/mol. The quantitative estimate of drug-likeness (QED) is 0.916. The molecule has 0 spiro atoms. The van der Waals surface area contributed by atoms with Crippen LogP contribution >= 0.6 is 0 Å². The van der Waals surface area contributed by atoms with E-state index in [0.29, 0.717) is 12.5 Å². The molecule has 3 heterocycles. The van der Waals surface area contributed by atoms with Crippen LogP contribution in [0.25, 0.3) is 10.9 Å². The van der Waals surface area contributed by atoms with E-state index in [-0.39, 0.29) is 0 Å². The molecule has 0 atom stereocenters. The van der Waals surface area contributed by atoms with Crippen molar-refractivity contribution in [2.24, 2.45) is 5.92 Å². The molecule has 19 heavy (non-hydrogen) atoms. The lowest BCUT2D eigenvalue weighted by atomic mass is 9.93. The number of anilines is 1. The molecule has 100 valence electrons. The second kappa shape index (κ2) is 5.53. The largest absolute Gasteiger partial charge is 0.396 e. The molecule has 2 aromatic rings. The molecule has 3 rings (SSSR count). The van der Waals surface area contributed by atoms with Crippen LogP contribution in [0.4, 0.5) is 5.69 Å². The van der Waals surface area contributed by atoms with Crippen LogP contribution in [0.2, 0.25) is 0 Å². The Bertz CT molecular complexity index is 545. The van der Waals surface area contributed by atoms with Gasteiger partial charge in [-0.2, -0.15) is 0 Å². The first-order valence-electron chi connectivity index (χ1n) is 6.93. The number of fused-ring (bicyclic) bond motifs is 1. The first-order chi connectivity index (χ1) is 9.38. The molecule has 0 bridgehead atoms. The number of aliphatic hydroxyl groups excluding tert-OH is 1. The van der Waals surface area contributed by atoms with E-state index in [4.69, 9.17) is 5.11 Å². The van der Waals surface area contributed by atoms with E-state index in [1.807, 2.05) is 24.7 Å². The van der Waals surface area contributed by atoms with Crippen LogP contribution in [0.1, 0.15) is 19.3 Å². The Labute approximate surface area is 113 Å². The summed E-state index contributed by atoms with van der Waals surface area (Å²) in [5, 5.41) is 10.2. The summed E-state index contributed by atoms with van der Waals surface area (Å²) < 4.78 is 0. The van der Waals surface area contributed by atoms with Gasteiger partial charge < -0.3 is 10.0 Å². The van der Waals surface area contributed by atoms with Crippen molar-refractivity contribution in [2.75, 3.05) is 24.6 Å². The highest BCUT2D eigenvalue weighted by Crippen LogP contribution is 2.29. The molecule has 0 radical (unpaired) electrons. The van der Waals surface area contributed by atoms with Crippen molar-refractivity contribution < 1.29 is 5.11 Å². The van der Waals surface area contributed by atoms with Crippen LogP contribution in [-0.2, 0) is 0 Å². The summed E-state index contributed by atoms with van der Waals surface area (Å²) in [6.45, 7) is 2.44. The first kappa shape index (κ1) is 12.4. The summed E-state index contributed by atoms with van der Waals surface area (Å²) in [6.07, 6.45) is 8.77. The molecule has 0 unspecified atom stereocenters. The highest BCUT2D eigenvalue weighted by Gasteiger charge is 2.20. The Kier molecular flexibility index (Phi) is 3.60. The molecule has 1 aliphatic heterocycles. The van der Waals surface area contributed by atoms with Gasteiger partial charge in [-0.15, -0.1) is 0 Å². The maximum atomic E-state index is 9.01. The topological polar surface area (TPSA) is 49.2 Å². The third kappa shape index (κ3) is 2.54. The molecule has 1 saturated heterocycles. The predicted octanol–water partition coefficient (Wildman–Crippen LogP) is 2.23. The average Bonchev–Trinajstić information content (AvgIpc) is 2.48. The van der Waals surface area contributed by atoms with Gasteiger partial charge in [0.2, 0.25) is 0 Å². The van der Waals surface area contributed by atoms with Crippen LogP contribution in [0.15, 0.2) is 30.7 Å². The molecule has 0 aromatic carbocycles. The second-order valence-corrected chi connectivity index (χ2v) is 5.17. The van der Waals surface area contributed by atoms with Crippen molar-refractivity contribution in [3.63, 3.8) is 0 Å². The minimum atomic E-state index is 0.314. The van der Waals surface area contributed by atoms with Crippen LogP contribution in [0, 0.1) is 5.92 Å². The number of piperidine rings is 1. The van der Waals surface area contributed by atoms with Gasteiger partial charge in [-0.1, -0.05) is 0 Å². The summed E-state index contributed by atoms with van der Waals surface area (Å²) in [4.78, 5) is 10.9. The third-order valence-corrected chi connectivity index (χ3v) is 4.01. The fourth-order valence-corrected chi connectivity index (χ4v) is 2.90. The zero-order chi connectivity index (χ0) is 13.1. The SMILES string of the molecule is OCCC1CCN(c2ccnc3cnccc23)CC1. The van der Waals surface area contributed by atoms with Gasteiger partial charge in [-0.05, 0) is 37.3 Å². The van der Waals surface area contributed by atoms with Crippen LogP contribution < -0.4 is 4.90 Å². The van der Waals surface area contributed by atoms with Gasteiger partial charge >= 0.3 is 0 Å². The van der Waals surface area contributed by atoms with E-state index < -0.39 is 0 Å². The van der Waals surface area contributed by atoms with Gasteiger partial charge in [0.05, 0.1) is 11.7 Å². The summed E-state index contributed by atoms with van der Waals surface area (Å²) in [6, 6.07) is 4.13. The predicted molar refractivity (Wildman–Crippen MR) is 76.2 cm³/mol. The molecule has 1 fully saturated rings. The lowest BCUT2D eigenvalue weighted by Gasteiger charge is -2.34. The maximum Gasteiger partial charge on any atom is 0.0905 e. The van der Waals surface area contributed by atoms with E-state index in [1.54, 1.807) is 0 Å². The van der Waals surface area contributed by atoms with Crippen LogP contribution in [0.3, 0.4) is 0 Å². The van der Waals surface area contributed by atoms with Crippen molar-refractivity contribution in [2.45, 2.75) is 19.3 Å². The maximum absolute atomic E-state index is 9.01. The Hall–Kier alpha value is -1.68. The molecule has 2 aromatic heterocycles. The Morgan fingerprint density at radius 3 is 2.84 bits per heavy atom. The second-order valence-electron chi connectivity index (χ2n) is 5.17. The normalized spacial score (nSPS) is 17.0. The van der Waals surface area contributed by atoms with Crippen LogP contribution in [-0.4, -0.2) is 34.8 Å². The van der Waals surface area contributed by atoms with Crippen molar-refractivity contribution >= 4 is 16.6 Å². The number of rotatable bonds is 3. The number of pyridine rings is 2. The molecule has 0 amide bonds. The highest BCUT2D eigenvalue weighted by molar-refractivity contribution is 5.90. The van der Waals surface area contributed by atoms with E-state index >= 15 is 0 Å². The first-order valence-corrected chi connectivity index (χ1v) is 6.93. The molecule has 0 aliphatic carbocycles. The van der Waals surface area contributed by atoms with E-state index in [0.717, 1.165) is 37.9 Å². The number of aliphatic hydroxyl groups is 1. The van der Waals surface area contributed by atoms with E-state index in [1.165, 1.54) is 11.1 Å². The van der Waals surface area contributed by atoms with Crippen molar-refractivity contribution in [1.82, 2.24) is 9.97 Å². The molecule has 4 heteroatoms. The number of aromatic nitrogens is 2. The number of hydrogen-bond acceptors (Lipinski definition) is 4. The van der Waals surface area contributed by atoms with Gasteiger partial charge in [-0.3, -0.25) is 9.97 Å². The van der Waals surface area contributed by atoms with Gasteiger partial charge in [0.15, 0.2) is 0 Å². The van der Waals surface area contributed by atoms with Gasteiger partial charge in [0.1, 0.15) is 0 Å². The van der Waals surface area contributed by atoms with Crippen molar-refractivity contribution in [3.8, 4) is 0 Å². The summed E-state index contributed by atoms with van der Waals surface area (Å²) in [5.41, 5.74) is 2.22. The van der Waals surface area contributed by atoms with Gasteiger partial charge in [0.25, 0.3) is 0 Å². The Balaban J connectivity index is 1.82. The fourth-order valence-electron chi connectivity index (χ4n) is 2.90. The van der Waals surface area contributed by atoms with E-state index in [9.17, 15) is 0 Å². The lowest BCUT2D eigenvalue weighted by molar-refractivity contribution is 0.240. The summed E-state index contributed by atoms with van der Waals surface area (Å²) >= 11 is 0. The van der Waals surface area contributed by atoms with Gasteiger partial charge in [0, 0.05) is 43.2 Å². The van der Waals surface area contributed by atoms with Gasteiger partial charge in [-0.25, -0.2) is 0 Å². The zero-order valence-corrected chi connectivity index (χ0v) is 11.0. The number of hydrogen-bond donors (Lipinski definition) is 1. The average molecular weight is 257 g/mol. The number of nitrogens with zero attached hydrogens (tertiary/aromatic N) is 3. The van der Waals surface area contributed by atoms with Crippen molar-refractivity contribution in [1.29, 1.82) is 0 Å². The zero-order valence-electron chi connectivity index (χ0n) is 11.0. The van der Waals surface area contributed by atoms with E-state index in [2.05, 4.69) is 20.9 Å². The minimum absolute atomic E-state index is 0.314.